The molecular formula is C42H46ClNO5S. The Morgan fingerprint density at radius 1 is 0.880 bits per heavy atom. The lowest BCUT2D eigenvalue weighted by Gasteiger charge is -2.33. The number of hydrogen-bond acceptors (Lipinski definition) is 5. The molecule has 0 aromatic heterocycles. The van der Waals surface area contributed by atoms with Gasteiger partial charge in [0.1, 0.15) is 0 Å². The Balaban J connectivity index is 0.00000133. The lowest BCUT2D eigenvalue weighted by Crippen LogP contribution is -2.23. The van der Waals surface area contributed by atoms with Gasteiger partial charge in [-0.2, -0.15) is 0 Å². The molecule has 50 heavy (non-hydrogen) atoms. The summed E-state index contributed by atoms with van der Waals surface area (Å²) in [6.45, 7) is 11.1. The van der Waals surface area contributed by atoms with E-state index in [0.717, 1.165) is 63.4 Å². The summed E-state index contributed by atoms with van der Waals surface area (Å²) in [6.07, 6.45) is 7.71. The fourth-order valence-electron chi connectivity index (χ4n) is 6.52. The van der Waals surface area contributed by atoms with Crippen LogP contribution in [-0.4, -0.2) is 24.3 Å². The van der Waals surface area contributed by atoms with Gasteiger partial charge in [-0.1, -0.05) is 112 Å². The molecule has 2 atom stereocenters. The van der Waals surface area contributed by atoms with Crippen LogP contribution in [0.4, 0.5) is 5.69 Å². The Labute approximate surface area is 303 Å². The Morgan fingerprint density at radius 3 is 2.04 bits per heavy atom. The molecule has 0 radical (unpaired) electrons. The first-order valence-corrected chi connectivity index (χ1v) is 18.5. The summed E-state index contributed by atoms with van der Waals surface area (Å²) in [5.74, 6) is 0.410. The summed E-state index contributed by atoms with van der Waals surface area (Å²) >= 11 is 6.16. The van der Waals surface area contributed by atoms with Gasteiger partial charge in [-0.25, -0.2) is 0 Å². The second kappa shape index (κ2) is 17.6. The van der Waals surface area contributed by atoms with E-state index in [-0.39, 0.29) is 11.7 Å². The van der Waals surface area contributed by atoms with Crippen LogP contribution < -0.4 is 5.32 Å². The van der Waals surface area contributed by atoms with Crippen molar-refractivity contribution in [1.82, 2.24) is 0 Å². The van der Waals surface area contributed by atoms with Gasteiger partial charge in [0.2, 0.25) is 5.91 Å². The molecule has 0 bridgehead atoms. The molecule has 4 aromatic carbocycles. The molecule has 1 amide bonds. The third-order valence-corrected chi connectivity index (χ3v) is 9.72. The highest BCUT2D eigenvalue weighted by Crippen LogP contribution is 2.40. The quantitative estimate of drug-likeness (QED) is 0.165. The molecule has 0 saturated heterocycles. The Morgan fingerprint density at radius 2 is 1.50 bits per heavy atom. The van der Waals surface area contributed by atoms with E-state index in [1.807, 2.05) is 80.6 Å². The number of Topliss-reactive ketones (excluding diaryl/α,β-unsaturated/α-hetero) is 1. The summed E-state index contributed by atoms with van der Waals surface area (Å²) in [5.41, 5.74) is 9.73. The molecule has 1 aliphatic rings. The number of anilines is 1. The zero-order valence-electron chi connectivity index (χ0n) is 29.5. The molecule has 0 unspecified atom stereocenters. The number of carbonyl (C=O) groups excluding carboxylic acids is 2. The Kier molecular flexibility index (Phi) is 13.5. The number of ketones is 1. The van der Waals surface area contributed by atoms with Crippen molar-refractivity contribution in [2.24, 2.45) is 11.3 Å². The van der Waals surface area contributed by atoms with E-state index in [1.165, 1.54) is 17.6 Å². The Bertz CT molecular complexity index is 1920. The summed E-state index contributed by atoms with van der Waals surface area (Å²) in [4.78, 5) is 26.4. The van der Waals surface area contributed by atoms with Crippen molar-refractivity contribution in [3.63, 3.8) is 0 Å². The first-order chi connectivity index (χ1) is 23.7. The van der Waals surface area contributed by atoms with Gasteiger partial charge in [-0.15, -0.1) is 12.6 Å². The van der Waals surface area contributed by atoms with Crippen LogP contribution in [-0.2, 0) is 21.8 Å². The van der Waals surface area contributed by atoms with Gasteiger partial charge < -0.3 is 5.32 Å². The number of rotatable bonds is 10. The van der Waals surface area contributed by atoms with E-state index in [9.17, 15) is 9.59 Å². The molecule has 1 aliphatic carbocycles. The highest BCUT2D eigenvalue weighted by Gasteiger charge is 2.27. The smallest absolute Gasteiger partial charge is 0.326 e. The lowest BCUT2D eigenvalue weighted by molar-refractivity contribution is -0.117. The molecule has 0 aliphatic heterocycles. The van der Waals surface area contributed by atoms with Crippen LogP contribution in [0.5, 0.6) is 0 Å². The number of hydrogen-bond donors (Lipinski definition) is 1. The van der Waals surface area contributed by atoms with E-state index in [4.69, 9.17) is 24.2 Å². The van der Waals surface area contributed by atoms with Crippen molar-refractivity contribution in [3.05, 3.63) is 130 Å². The van der Waals surface area contributed by atoms with Crippen molar-refractivity contribution in [3.8, 4) is 11.1 Å². The highest BCUT2D eigenvalue weighted by atomic mass is 35.5. The first kappa shape index (κ1) is 38.5. The van der Waals surface area contributed by atoms with Crippen molar-refractivity contribution in [2.45, 2.75) is 79.1 Å². The summed E-state index contributed by atoms with van der Waals surface area (Å²) in [6, 6.07) is 30.2. The predicted molar refractivity (Wildman–Crippen MR) is 203 cm³/mol. The summed E-state index contributed by atoms with van der Waals surface area (Å²) < 4.78 is 25.3. The standard InChI is InChI=1S/C42H46ClNO2.O3S/c1-6-7-40(45)34-10-8-29(9-11-34)27-39(33-14-12-30(13-15-33)31-16-20-35(21-17-31)42(3,4)5)41(46)44-37-23-18-32(19-24-37)38-25-22-36(43)26-28(38)2;1-4(2)3/h8-16,18-19,22-26,35,39H,6-7,17,20-21,27H2,1-5H3,(H,44,46);/t35-,39-;/m1./s1. The second-order valence-electron chi connectivity index (χ2n) is 14.0. The number of nitrogens with one attached hydrogen (secondary N) is 1. The maximum atomic E-state index is 13.9. The Hall–Kier alpha value is -4.33. The van der Waals surface area contributed by atoms with Crippen molar-refractivity contribution in [1.29, 1.82) is 0 Å². The van der Waals surface area contributed by atoms with Crippen LogP contribution in [0.3, 0.4) is 0 Å². The zero-order valence-corrected chi connectivity index (χ0v) is 31.0. The van der Waals surface area contributed by atoms with E-state index in [2.05, 4.69) is 56.4 Å². The molecule has 4 aromatic rings. The maximum absolute atomic E-state index is 13.9. The van der Waals surface area contributed by atoms with Crippen LogP contribution in [0.15, 0.2) is 97.1 Å². The number of aryl methyl sites for hydroxylation is 1. The minimum Gasteiger partial charge on any atom is -0.326 e. The third kappa shape index (κ3) is 10.8. The molecular weight excluding hydrogens is 666 g/mol. The van der Waals surface area contributed by atoms with Crippen LogP contribution in [0.1, 0.15) is 98.3 Å². The monoisotopic (exact) mass is 711 g/mol. The number of benzene rings is 4. The van der Waals surface area contributed by atoms with Gasteiger partial charge in [0.15, 0.2) is 5.78 Å². The van der Waals surface area contributed by atoms with Crippen LogP contribution in [0.25, 0.3) is 16.7 Å². The van der Waals surface area contributed by atoms with Crippen molar-refractivity contribution >= 4 is 45.2 Å². The molecule has 6 nitrogen and oxygen atoms in total. The molecule has 262 valence electrons. The number of amides is 1. The first-order valence-electron chi connectivity index (χ1n) is 17.1. The molecule has 0 fully saturated rings. The van der Waals surface area contributed by atoms with Crippen LogP contribution in [0.2, 0.25) is 5.02 Å². The SMILES string of the molecule is CCCC(=O)c1ccc(C[C@@H](C(=O)Nc2ccc(-c3ccc(Cl)cc3C)cc2)c2ccc(C3=CC[C@@H](C(C)(C)C)CC3)cc2)cc1.O=S(=O)=O. The van der Waals surface area contributed by atoms with E-state index in [0.29, 0.717) is 24.2 Å². The van der Waals surface area contributed by atoms with Gasteiger partial charge in [-0.05, 0) is 114 Å². The van der Waals surface area contributed by atoms with E-state index < -0.39 is 16.5 Å². The summed E-state index contributed by atoms with van der Waals surface area (Å²) in [7, 11) is -3.11. The van der Waals surface area contributed by atoms with Crippen molar-refractivity contribution in [2.75, 3.05) is 5.32 Å². The average Bonchev–Trinajstić information content (AvgIpc) is 3.07. The normalized spacial score (nSPS) is 14.8. The molecule has 1 N–H and O–H groups in total. The van der Waals surface area contributed by atoms with Gasteiger partial charge in [0.25, 0.3) is 0 Å². The fraction of sp³-hybridized carbons (Fsp3) is 0.333. The topological polar surface area (TPSA) is 97.4 Å². The molecule has 8 heteroatoms. The number of allylic oxidation sites excluding steroid dienone is 2. The predicted octanol–water partition coefficient (Wildman–Crippen LogP) is 10.5. The zero-order chi connectivity index (χ0) is 36.4. The summed E-state index contributed by atoms with van der Waals surface area (Å²) in [5, 5.41) is 3.90. The van der Waals surface area contributed by atoms with Gasteiger partial charge in [0, 0.05) is 22.7 Å². The van der Waals surface area contributed by atoms with Gasteiger partial charge in [-0.3, -0.25) is 9.59 Å². The maximum Gasteiger partial charge on any atom is 0.425 e. The average molecular weight is 712 g/mol. The van der Waals surface area contributed by atoms with Gasteiger partial charge in [0.05, 0.1) is 5.92 Å². The minimum absolute atomic E-state index is 0.0563. The second-order valence-corrected chi connectivity index (χ2v) is 14.9. The fourth-order valence-corrected chi connectivity index (χ4v) is 6.75. The molecule has 0 heterocycles. The number of carbonyl (C=O) groups is 2. The van der Waals surface area contributed by atoms with Crippen molar-refractivity contribution < 1.29 is 22.2 Å². The largest absolute Gasteiger partial charge is 0.425 e. The number of halogens is 1. The minimum atomic E-state index is -3.11. The van der Waals surface area contributed by atoms with Crippen LogP contribution in [0, 0.1) is 18.3 Å². The third-order valence-electron chi connectivity index (χ3n) is 9.48. The van der Waals surface area contributed by atoms with Gasteiger partial charge >= 0.3 is 10.6 Å². The highest BCUT2D eigenvalue weighted by molar-refractivity contribution is 7.59. The van der Waals surface area contributed by atoms with E-state index >= 15 is 0 Å². The lowest BCUT2D eigenvalue weighted by atomic mass is 9.72. The molecule has 5 rings (SSSR count). The van der Waals surface area contributed by atoms with E-state index in [1.54, 1.807) is 0 Å². The molecule has 0 spiro atoms. The molecule has 0 saturated carbocycles. The van der Waals surface area contributed by atoms with Crippen LogP contribution >= 0.6 is 11.6 Å².